The lowest BCUT2D eigenvalue weighted by molar-refractivity contribution is 0.108. The lowest BCUT2D eigenvalue weighted by atomic mass is 9.87. The second-order valence-corrected chi connectivity index (χ2v) is 9.00. The average Bonchev–Trinajstić information content (AvgIpc) is 3.48. The Kier molecular flexibility index (Phi) is 6.35. The lowest BCUT2D eigenvalue weighted by Crippen LogP contribution is -2.36. The molecule has 4 nitrogen and oxygen atoms in total. The Hall–Kier alpha value is -1.73. The highest BCUT2D eigenvalue weighted by Crippen LogP contribution is 2.65. The van der Waals surface area contributed by atoms with E-state index in [2.05, 4.69) is 21.8 Å². The van der Waals surface area contributed by atoms with Gasteiger partial charge in [-0.05, 0) is 104 Å². The van der Waals surface area contributed by atoms with Gasteiger partial charge >= 0.3 is 0 Å². The monoisotopic (exact) mass is 413 g/mol. The molecule has 29 heavy (non-hydrogen) atoms. The van der Waals surface area contributed by atoms with E-state index in [4.69, 9.17) is 5.73 Å². The van der Waals surface area contributed by atoms with Crippen LogP contribution in [0.25, 0.3) is 0 Å². The molecule has 2 unspecified atom stereocenters. The third-order valence-electron chi connectivity index (χ3n) is 6.29. The van der Waals surface area contributed by atoms with Crippen LogP contribution in [0.3, 0.4) is 0 Å². The van der Waals surface area contributed by atoms with Gasteiger partial charge in [0.2, 0.25) is 5.12 Å². The minimum absolute atomic E-state index is 0.111. The lowest BCUT2D eigenvalue weighted by Gasteiger charge is -2.30. The molecule has 3 N–H and O–H groups in total. The highest BCUT2D eigenvalue weighted by atomic mass is 32.2. The van der Waals surface area contributed by atoms with Crippen LogP contribution in [-0.4, -0.2) is 36.8 Å². The summed E-state index contributed by atoms with van der Waals surface area (Å²) in [6.07, 6.45) is 3.57. The van der Waals surface area contributed by atoms with Crippen molar-refractivity contribution in [1.82, 2.24) is 9.62 Å². The van der Waals surface area contributed by atoms with E-state index < -0.39 is 0 Å². The van der Waals surface area contributed by atoms with Gasteiger partial charge in [0.1, 0.15) is 5.82 Å². The summed E-state index contributed by atoms with van der Waals surface area (Å²) in [5, 5.41) is 0.111. The summed E-state index contributed by atoms with van der Waals surface area (Å²) in [4.78, 5) is 13.8. The molecule has 1 saturated carbocycles. The first-order valence-electron chi connectivity index (χ1n) is 10.3. The molecule has 2 aliphatic carbocycles. The molecule has 0 amide bonds. The quantitative estimate of drug-likeness (QED) is 0.736. The summed E-state index contributed by atoms with van der Waals surface area (Å²) in [6, 6.07) is 13.0. The number of nitrogens with zero attached hydrogens (tertiary/aromatic N) is 1. The molecule has 0 spiro atoms. The van der Waals surface area contributed by atoms with Crippen LogP contribution in [0.15, 0.2) is 42.5 Å². The number of nitrogens with one attached hydrogen (secondary N) is 1. The van der Waals surface area contributed by atoms with Crippen LogP contribution in [0.4, 0.5) is 4.39 Å². The van der Waals surface area contributed by atoms with Crippen LogP contribution in [0.2, 0.25) is 0 Å². The van der Waals surface area contributed by atoms with Gasteiger partial charge in [0.05, 0.1) is 0 Å². The summed E-state index contributed by atoms with van der Waals surface area (Å²) >= 11 is 1.15. The van der Waals surface area contributed by atoms with Gasteiger partial charge in [-0.15, -0.1) is 0 Å². The Labute approximate surface area is 176 Å². The zero-order valence-electron chi connectivity index (χ0n) is 16.7. The van der Waals surface area contributed by atoms with Crippen LogP contribution in [0, 0.1) is 5.82 Å². The number of piperidine rings is 1. The number of fused-ring (bicyclic) bond motifs is 4. The molecule has 0 aromatic heterocycles. The van der Waals surface area contributed by atoms with Gasteiger partial charge in [-0.2, -0.15) is 0 Å². The number of hydrogen-bond acceptors (Lipinski definition) is 5. The molecule has 154 valence electrons. The first-order chi connectivity index (χ1) is 14.1. The molecule has 3 aliphatic rings. The van der Waals surface area contributed by atoms with Gasteiger partial charge in [0.15, 0.2) is 0 Å². The number of hydrogen-bond donors (Lipinski definition) is 2. The topological polar surface area (TPSA) is 58.4 Å². The number of halogens is 1. The largest absolute Gasteiger partial charge is 0.318 e. The highest BCUT2D eigenvalue weighted by Gasteiger charge is 2.50. The van der Waals surface area contributed by atoms with Crippen LogP contribution >= 0.6 is 11.9 Å². The Balaban J connectivity index is 0.000000141. The molecule has 1 heterocycles. The van der Waals surface area contributed by atoms with Gasteiger partial charge in [-0.3, -0.25) is 14.4 Å². The Morgan fingerprint density at radius 1 is 1.14 bits per heavy atom. The van der Waals surface area contributed by atoms with Gasteiger partial charge in [-0.25, -0.2) is 4.39 Å². The molecule has 2 aromatic carbocycles. The van der Waals surface area contributed by atoms with Crippen molar-refractivity contribution in [1.29, 1.82) is 0 Å². The van der Waals surface area contributed by atoms with Crippen molar-refractivity contribution in [2.24, 2.45) is 5.73 Å². The highest BCUT2D eigenvalue weighted by molar-refractivity contribution is 8.12. The van der Waals surface area contributed by atoms with Crippen LogP contribution in [-0.2, 0) is 0 Å². The van der Waals surface area contributed by atoms with E-state index in [9.17, 15) is 9.18 Å². The summed E-state index contributed by atoms with van der Waals surface area (Å²) in [5.41, 5.74) is 10.6. The second kappa shape index (κ2) is 8.96. The van der Waals surface area contributed by atoms with E-state index in [1.165, 1.54) is 23.1 Å². The molecular formula is C23H28FN3OS. The number of rotatable bonds is 4. The molecule has 6 heteroatoms. The summed E-state index contributed by atoms with van der Waals surface area (Å²) in [5.74, 6) is 2.05. The Morgan fingerprint density at radius 2 is 1.83 bits per heavy atom. The predicted octanol–water partition coefficient (Wildman–Crippen LogP) is 4.20. The molecule has 0 radical (unpaired) electrons. The molecule has 0 bridgehead atoms. The van der Waals surface area contributed by atoms with Crippen molar-refractivity contribution in [2.45, 2.75) is 37.0 Å². The van der Waals surface area contributed by atoms with Crippen LogP contribution < -0.4 is 10.5 Å². The zero-order chi connectivity index (χ0) is 20.4. The van der Waals surface area contributed by atoms with Gasteiger partial charge in [0.25, 0.3) is 0 Å². The van der Waals surface area contributed by atoms with Gasteiger partial charge in [-0.1, -0.05) is 24.3 Å². The van der Waals surface area contributed by atoms with Crippen molar-refractivity contribution >= 4 is 17.1 Å². The number of carbonyl (C=O) groups excluding carboxylic acids is 1. The number of likely N-dealkylation sites (tertiary alicyclic amines) is 1. The van der Waals surface area contributed by atoms with E-state index >= 15 is 0 Å². The smallest absolute Gasteiger partial charge is 0.234 e. The standard InChI is InChI=1S/C12H17FN2.C11H11NOS/c13-12-3-1-10(2-4-12)11-5-7-15(9-14)8-6-11;1-12-14-11(13)6-2-3-7-8(4-6)10-5-9(7)10/h1-4,11H,5-9,14H2;2-4,9-10,12H,5H2,1H3. The minimum atomic E-state index is -0.154. The number of benzene rings is 2. The minimum Gasteiger partial charge on any atom is -0.318 e. The molecule has 2 fully saturated rings. The number of carbonyl (C=O) groups is 1. The van der Waals surface area contributed by atoms with Crippen molar-refractivity contribution < 1.29 is 9.18 Å². The van der Waals surface area contributed by atoms with E-state index in [1.807, 2.05) is 18.2 Å². The van der Waals surface area contributed by atoms with E-state index in [-0.39, 0.29) is 10.9 Å². The fraction of sp³-hybridized carbons (Fsp3) is 0.435. The number of nitrogens with two attached hydrogens (primary N) is 1. The fourth-order valence-corrected chi connectivity index (χ4v) is 4.91. The van der Waals surface area contributed by atoms with Crippen LogP contribution in [0.5, 0.6) is 0 Å². The normalized spacial score (nSPS) is 22.6. The maximum atomic E-state index is 12.7. The molecule has 2 atom stereocenters. The van der Waals surface area contributed by atoms with Gasteiger partial charge < -0.3 is 5.73 Å². The second-order valence-electron chi connectivity index (χ2n) is 8.01. The first-order valence-corrected chi connectivity index (χ1v) is 11.1. The molecule has 5 rings (SSSR count). The molecular weight excluding hydrogens is 385 g/mol. The summed E-state index contributed by atoms with van der Waals surface area (Å²) < 4.78 is 15.6. The summed E-state index contributed by atoms with van der Waals surface area (Å²) in [7, 11) is 1.76. The van der Waals surface area contributed by atoms with Gasteiger partial charge in [0, 0.05) is 12.2 Å². The van der Waals surface area contributed by atoms with E-state index in [0.717, 1.165) is 55.3 Å². The van der Waals surface area contributed by atoms with Crippen molar-refractivity contribution in [2.75, 3.05) is 26.8 Å². The third-order valence-corrected chi connectivity index (χ3v) is 6.92. The molecule has 1 saturated heterocycles. The maximum Gasteiger partial charge on any atom is 0.234 e. The zero-order valence-corrected chi connectivity index (χ0v) is 17.6. The molecule has 1 aliphatic heterocycles. The SMILES string of the molecule is CNSC(=O)c1ccc2c(c1)C1CC21.NCN1CCC(c2ccc(F)cc2)CC1. The first kappa shape index (κ1) is 20.5. The maximum absolute atomic E-state index is 12.7. The van der Waals surface area contributed by atoms with Crippen LogP contribution in [0.1, 0.15) is 64.1 Å². The average molecular weight is 414 g/mol. The molecule has 2 aromatic rings. The fourth-order valence-electron chi connectivity index (χ4n) is 4.48. The van der Waals surface area contributed by atoms with Crippen molar-refractivity contribution in [3.8, 4) is 0 Å². The van der Waals surface area contributed by atoms with E-state index in [1.54, 1.807) is 19.2 Å². The van der Waals surface area contributed by atoms with E-state index in [0.29, 0.717) is 12.6 Å². The Bertz CT molecular complexity index is 865. The Morgan fingerprint density at radius 3 is 2.48 bits per heavy atom. The third kappa shape index (κ3) is 4.56. The van der Waals surface area contributed by atoms with Crippen molar-refractivity contribution in [3.05, 3.63) is 70.5 Å². The van der Waals surface area contributed by atoms with Crippen molar-refractivity contribution in [3.63, 3.8) is 0 Å². The predicted molar refractivity (Wildman–Crippen MR) is 117 cm³/mol. The summed E-state index contributed by atoms with van der Waals surface area (Å²) in [6.45, 7) is 2.76.